The Hall–Kier alpha value is -4.32. The summed E-state index contributed by atoms with van der Waals surface area (Å²) in [6.07, 6.45) is 0.659. The first kappa shape index (κ1) is 25.3. The third-order valence-corrected chi connectivity index (χ3v) is 8.15. The van der Waals surface area contributed by atoms with Crippen LogP contribution >= 0.6 is 11.3 Å². The van der Waals surface area contributed by atoms with Crippen molar-refractivity contribution in [2.75, 3.05) is 12.4 Å². The van der Waals surface area contributed by atoms with Crippen molar-refractivity contribution in [1.82, 2.24) is 20.5 Å². The van der Waals surface area contributed by atoms with Crippen LogP contribution in [-0.2, 0) is 15.1 Å². The Morgan fingerprint density at radius 1 is 1.18 bits per heavy atom. The number of carbonyl (C=O) groups is 5. The van der Waals surface area contributed by atoms with Crippen molar-refractivity contribution in [3.63, 3.8) is 0 Å². The Balaban J connectivity index is 1.34. The smallest absolute Gasteiger partial charge is 0.320 e. The van der Waals surface area contributed by atoms with Gasteiger partial charge < -0.3 is 15.4 Å². The van der Waals surface area contributed by atoms with Gasteiger partial charge in [-0.05, 0) is 50.1 Å². The first-order chi connectivity index (χ1) is 18.1. The first-order valence-corrected chi connectivity index (χ1v) is 12.9. The summed E-state index contributed by atoms with van der Waals surface area (Å²) in [5.41, 5.74) is 0.446. The quantitative estimate of drug-likeness (QED) is 0.411. The molecule has 1 saturated heterocycles. The minimum atomic E-state index is -1.06. The summed E-state index contributed by atoms with van der Waals surface area (Å²) in [4.78, 5) is 68.3. The monoisotopic (exact) mass is 535 g/mol. The second kappa shape index (κ2) is 9.53. The van der Waals surface area contributed by atoms with E-state index in [2.05, 4.69) is 16.0 Å². The molecule has 2 unspecified atom stereocenters. The van der Waals surface area contributed by atoms with Crippen molar-refractivity contribution in [2.45, 2.75) is 44.7 Å². The van der Waals surface area contributed by atoms with Crippen LogP contribution < -0.4 is 20.7 Å². The molecular weight excluding hydrogens is 510 g/mol. The highest BCUT2D eigenvalue weighted by Gasteiger charge is 2.44. The van der Waals surface area contributed by atoms with Crippen LogP contribution in [0.25, 0.3) is 10.2 Å². The van der Waals surface area contributed by atoms with E-state index in [1.165, 1.54) is 29.5 Å². The van der Waals surface area contributed by atoms with E-state index >= 15 is 0 Å². The second-order valence-electron chi connectivity index (χ2n) is 9.30. The molecule has 3 aromatic rings. The largest absolute Gasteiger partial charge is 0.494 e. The molecule has 2 atom stereocenters. The molecular formula is C26H25N5O6S. The third-order valence-electron chi connectivity index (χ3n) is 6.87. The molecule has 196 valence electrons. The molecule has 0 aliphatic carbocycles. The summed E-state index contributed by atoms with van der Waals surface area (Å²) in [5.74, 6) is -1.73. The number of para-hydroxylation sites is 1. The zero-order chi connectivity index (χ0) is 27.2. The Labute approximate surface area is 221 Å². The number of imide groups is 2. The van der Waals surface area contributed by atoms with Crippen LogP contribution in [0.4, 0.5) is 10.5 Å². The number of hydrogen-bond donors (Lipinski definition) is 3. The lowest BCUT2D eigenvalue weighted by Gasteiger charge is -2.27. The Bertz CT molecular complexity index is 1520. The highest BCUT2D eigenvalue weighted by Crippen LogP contribution is 2.36. The molecule has 5 rings (SSSR count). The molecule has 1 aromatic heterocycles. The maximum Gasteiger partial charge on any atom is 0.320 e. The van der Waals surface area contributed by atoms with Gasteiger partial charge in [0.25, 0.3) is 11.8 Å². The van der Waals surface area contributed by atoms with E-state index in [1.54, 1.807) is 7.11 Å². The molecule has 38 heavy (non-hydrogen) atoms. The number of fused-ring (bicyclic) bond motifs is 2. The molecule has 3 heterocycles. The topological polar surface area (TPSA) is 147 Å². The number of aromatic nitrogens is 1. The average molecular weight is 536 g/mol. The van der Waals surface area contributed by atoms with E-state index in [0.717, 1.165) is 15.1 Å². The number of benzene rings is 2. The molecule has 0 saturated carbocycles. The van der Waals surface area contributed by atoms with E-state index in [4.69, 9.17) is 9.72 Å². The number of methoxy groups -OCH3 is 1. The van der Waals surface area contributed by atoms with E-state index < -0.39 is 41.2 Å². The SMILES string of the molecule is CCC(C)(NC(=O)Nc1ccc2c(c1)C(=O)N(C1CCC(=O)NC1=O)C2=O)c1nc2c(OC)cccc2s1. The number of nitrogens with one attached hydrogen (secondary N) is 3. The van der Waals surface area contributed by atoms with Gasteiger partial charge in [0.1, 0.15) is 22.3 Å². The standard InChI is InChI=1S/C26H25N5O6S/c1-4-26(2,24-29-20-17(37-3)6-5-7-18(20)38-24)30-25(36)27-13-8-9-14-15(12-13)23(35)31(22(14)34)16-10-11-19(32)28-21(16)33/h5-9,12,16H,4,10-11H2,1-3H3,(H2,27,30,36)(H,28,32,33). The van der Waals surface area contributed by atoms with Gasteiger partial charge in [-0.3, -0.25) is 29.4 Å². The number of rotatable bonds is 6. The van der Waals surface area contributed by atoms with E-state index in [-0.39, 0.29) is 24.0 Å². The van der Waals surface area contributed by atoms with Gasteiger partial charge in [-0.25, -0.2) is 9.78 Å². The number of hydrogen-bond acceptors (Lipinski definition) is 8. The zero-order valence-corrected chi connectivity index (χ0v) is 21.7. The van der Waals surface area contributed by atoms with Crippen LogP contribution in [0.5, 0.6) is 5.75 Å². The van der Waals surface area contributed by atoms with Gasteiger partial charge in [0.15, 0.2) is 0 Å². The predicted molar refractivity (Wildman–Crippen MR) is 139 cm³/mol. The third kappa shape index (κ3) is 4.26. The van der Waals surface area contributed by atoms with Crippen molar-refractivity contribution in [2.24, 2.45) is 0 Å². The zero-order valence-electron chi connectivity index (χ0n) is 20.9. The van der Waals surface area contributed by atoms with E-state index in [1.807, 2.05) is 32.0 Å². The van der Waals surface area contributed by atoms with Gasteiger partial charge in [-0.1, -0.05) is 13.0 Å². The first-order valence-electron chi connectivity index (χ1n) is 12.0. The number of carbonyl (C=O) groups excluding carboxylic acids is 5. The summed E-state index contributed by atoms with van der Waals surface area (Å²) in [6, 6.07) is 8.45. The normalized spacial score (nSPS) is 18.7. The minimum absolute atomic E-state index is 0.0361. The average Bonchev–Trinajstić information content (AvgIpc) is 3.44. The van der Waals surface area contributed by atoms with Crippen LogP contribution in [-0.4, -0.2) is 52.7 Å². The minimum Gasteiger partial charge on any atom is -0.494 e. The van der Waals surface area contributed by atoms with Gasteiger partial charge >= 0.3 is 6.03 Å². The maximum absolute atomic E-state index is 13.1. The Morgan fingerprint density at radius 3 is 2.66 bits per heavy atom. The summed E-state index contributed by atoms with van der Waals surface area (Å²) in [6.45, 7) is 3.81. The number of ether oxygens (including phenoxy) is 1. The van der Waals surface area contributed by atoms with Crippen LogP contribution in [0, 0.1) is 0 Å². The molecule has 1 fully saturated rings. The van der Waals surface area contributed by atoms with Gasteiger partial charge in [0.2, 0.25) is 11.8 Å². The fraction of sp³-hybridized carbons (Fsp3) is 0.308. The maximum atomic E-state index is 13.1. The highest BCUT2D eigenvalue weighted by molar-refractivity contribution is 7.18. The molecule has 12 heteroatoms. The molecule has 2 aromatic carbocycles. The fourth-order valence-corrected chi connectivity index (χ4v) is 5.73. The van der Waals surface area contributed by atoms with Crippen molar-refractivity contribution in [1.29, 1.82) is 0 Å². The molecule has 11 nitrogen and oxygen atoms in total. The number of anilines is 1. The number of nitrogens with zero attached hydrogens (tertiary/aromatic N) is 2. The molecule has 3 N–H and O–H groups in total. The highest BCUT2D eigenvalue weighted by atomic mass is 32.1. The lowest BCUT2D eigenvalue weighted by molar-refractivity contribution is -0.136. The second-order valence-corrected chi connectivity index (χ2v) is 10.3. The molecule has 2 aliphatic heterocycles. The van der Waals surface area contributed by atoms with Crippen molar-refractivity contribution < 1.29 is 28.7 Å². The number of urea groups is 1. The number of amides is 6. The molecule has 6 amide bonds. The van der Waals surface area contributed by atoms with Crippen LogP contribution in [0.1, 0.15) is 58.8 Å². The lowest BCUT2D eigenvalue weighted by atomic mass is 10.0. The summed E-state index contributed by atoms with van der Waals surface area (Å²) < 4.78 is 6.34. The van der Waals surface area contributed by atoms with Gasteiger partial charge in [-0.2, -0.15) is 0 Å². The summed E-state index contributed by atoms with van der Waals surface area (Å²) in [7, 11) is 1.58. The Kier molecular flexibility index (Phi) is 6.35. The number of thiazole rings is 1. The van der Waals surface area contributed by atoms with Crippen LogP contribution in [0.3, 0.4) is 0 Å². The molecule has 2 aliphatic rings. The Morgan fingerprint density at radius 2 is 1.95 bits per heavy atom. The molecule has 0 bridgehead atoms. The van der Waals surface area contributed by atoms with Crippen LogP contribution in [0.2, 0.25) is 0 Å². The van der Waals surface area contributed by atoms with Crippen LogP contribution in [0.15, 0.2) is 36.4 Å². The predicted octanol–water partition coefficient (Wildman–Crippen LogP) is 3.15. The van der Waals surface area contributed by atoms with Crippen molar-refractivity contribution in [3.05, 3.63) is 52.5 Å². The van der Waals surface area contributed by atoms with Gasteiger partial charge in [-0.15, -0.1) is 11.3 Å². The number of piperidine rings is 1. The van der Waals surface area contributed by atoms with Crippen molar-refractivity contribution >= 4 is 56.9 Å². The van der Waals surface area contributed by atoms with Gasteiger partial charge in [0, 0.05) is 12.1 Å². The fourth-order valence-electron chi connectivity index (χ4n) is 4.58. The molecule has 0 radical (unpaired) electrons. The van der Waals surface area contributed by atoms with Gasteiger partial charge in [0.05, 0.1) is 28.5 Å². The summed E-state index contributed by atoms with van der Waals surface area (Å²) in [5, 5.41) is 8.58. The molecule has 0 spiro atoms. The van der Waals surface area contributed by atoms with E-state index in [0.29, 0.717) is 22.9 Å². The van der Waals surface area contributed by atoms with Crippen molar-refractivity contribution in [3.8, 4) is 5.75 Å². The van der Waals surface area contributed by atoms with E-state index in [9.17, 15) is 24.0 Å². The lowest BCUT2D eigenvalue weighted by Crippen LogP contribution is -2.54. The summed E-state index contributed by atoms with van der Waals surface area (Å²) >= 11 is 1.46.